The number of hydrogen-bond acceptors (Lipinski definition) is 2. The highest BCUT2D eigenvalue weighted by molar-refractivity contribution is 5.75. The molecule has 5 nitrogen and oxygen atoms in total. The summed E-state index contributed by atoms with van der Waals surface area (Å²) in [6.07, 6.45) is -0.695. The van der Waals surface area contributed by atoms with Crippen LogP contribution in [0, 0.1) is 0 Å². The average molecular weight is 222 g/mol. The highest BCUT2D eigenvalue weighted by Crippen LogP contribution is 2.05. The van der Waals surface area contributed by atoms with Gasteiger partial charge in [0.1, 0.15) is 0 Å². The Hall–Kier alpha value is -2.04. The van der Waals surface area contributed by atoms with Gasteiger partial charge in [0.2, 0.25) is 5.91 Å². The fraction of sp³-hybridized carbons (Fsp3) is 0.273. The number of nitrogens with two attached hydrogens (primary N) is 1. The van der Waals surface area contributed by atoms with Gasteiger partial charge in [-0.25, -0.2) is 4.79 Å². The van der Waals surface area contributed by atoms with Crippen LogP contribution in [0.25, 0.3) is 0 Å². The quantitative estimate of drug-likeness (QED) is 0.686. The molecule has 16 heavy (non-hydrogen) atoms. The lowest BCUT2D eigenvalue weighted by Gasteiger charge is -2.15. The minimum atomic E-state index is -1.15. The molecule has 1 aromatic rings. The number of primary amides is 1. The van der Waals surface area contributed by atoms with Crippen molar-refractivity contribution in [2.24, 2.45) is 5.73 Å². The molecule has 5 heteroatoms. The van der Waals surface area contributed by atoms with Gasteiger partial charge in [-0.15, -0.1) is 0 Å². The molecule has 2 amide bonds. The molecular weight excluding hydrogens is 208 g/mol. The molecule has 86 valence electrons. The maximum absolute atomic E-state index is 10.8. The first-order valence-corrected chi connectivity index (χ1v) is 4.89. The van der Waals surface area contributed by atoms with Gasteiger partial charge in [0.15, 0.2) is 0 Å². The fourth-order valence-corrected chi connectivity index (χ4v) is 1.49. The number of hydrogen-bond donors (Lipinski definition) is 3. The number of nitrogens with one attached hydrogen (secondary N) is 1. The van der Waals surface area contributed by atoms with E-state index in [0.717, 1.165) is 5.56 Å². The molecule has 1 rings (SSSR count). The first-order chi connectivity index (χ1) is 7.58. The second-order valence-corrected chi connectivity index (χ2v) is 3.51. The number of carboxylic acid groups (broad SMARTS) is 1. The third-order valence-corrected chi connectivity index (χ3v) is 2.10. The van der Waals surface area contributed by atoms with E-state index in [9.17, 15) is 9.59 Å². The topological polar surface area (TPSA) is 92.4 Å². The van der Waals surface area contributed by atoms with Gasteiger partial charge >= 0.3 is 6.09 Å². The number of carbonyl (C=O) groups excluding carboxylic acids is 1. The normalized spacial score (nSPS) is 11.8. The predicted molar refractivity (Wildman–Crippen MR) is 58.9 cm³/mol. The second kappa shape index (κ2) is 5.75. The Morgan fingerprint density at radius 3 is 2.44 bits per heavy atom. The zero-order valence-electron chi connectivity index (χ0n) is 8.72. The molecule has 0 spiro atoms. The zero-order valence-corrected chi connectivity index (χ0v) is 8.72. The van der Waals surface area contributed by atoms with E-state index in [0.29, 0.717) is 6.42 Å². The molecule has 0 aliphatic rings. The molecule has 1 aromatic carbocycles. The lowest BCUT2D eigenvalue weighted by atomic mass is 10.0. The maximum Gasteiger partial charge on any atom is 0.404 e. The Kier molecular flexibility index (Phi) is 4.32. The van der Waals surface area contributed by atoms with Crippen LogP contribution in [0.5, 0.6) is 0 Å². The molecule has 0 saturated heterocycles. The van der Waals surface area contributed by atoms with Crippen molar-refractivity contribution in [3.05, 3.63) is 35.9 Å². The highest BCUT2D eigenvalue weighted by atomic mass is 16.4. The summed E-state index contributed by atoms with van der Waals surface area (Å²) in [5.74, 6) is -0.519. The zero-order chi connectivity index (χ0) is 12.0. The third-order valence-electron chi connectivity index (χ3n) is 2.10. The number of carbonyl (C=O) groups is 2. The van der Waals surface area contributed by atoms with E-state index < -0.39 is 18.0 Å². The Balaban J connectivity index is 2.63. The summed E-state index contributed by atoms with van der Waals surface area (Å²) in [6, 6.07) is 8.86. The van der Waals surface area contributed by atoms with E-state index in [1.54, 1.807) is 0 Å². The summed E-state index contributed by atoms with van der Waals surface area (Å²) in [5.41, 5.74) is 6.01. The molecule has 0 aliphatic carbocycles. The Labute approximate surface area is 93.3 Å². The molecule has 0 fully saturated rings. The van der Waals surface area contributed by atoms with Crippen LogP contribution >= 0.6 is 0 Å². The van der Waals surface area contributed by atoms with Crippen LogP contribution in [0.15, 0.2) is 30.3 Å². The summed E-state index contributed by atoms with van der Waals surface area (Å²) < 4.78 is 0. The van der Waals surface area contributed by atoms with E-state index in [4.69, 9.17) is 10.8 Å². The standard InChI is InChI=1S/C11H14N2O3/c12-10(14)7-9(13-11(15)16)6-8-4-2-1-3-5-8/h1-5,9,13H,6-7H2,(H2,12,14)(H,15,16). The largest absolute Gasteiger partial charge is 0.465 e. The Morgan fingerprint density at radius 1 is 1.31 bits per heavy atom. The van der Waals surface area contributed by atoms with Gasteiger partial charge in [0.25, 0.3) is 0 Å². The molecule has 0 bridgehead atoms. The molecule has 1 unspecified atom stereocenters. The predicted octanol–water partition coefficient (Wildman–Crippen LogP) is 0.741. The van der Waals surface area contributed by atoms with Gasteiger partial charge in [-0.2, -0.15) is 0 Å². The minimum Gasteiger partial charge on any atom is -0.465 e. The molecule has 4 N–H and O–H groups in total. The van der Waals surface area contributed by atoms with Crippen molar-refractivity contribution in [3.8, 4) is 0 Å². The molecule has 0 radical (unpaired) electrons. The first-order valence-electron chi connectivity index (χ1n) is 4.89. The van der Waals surface area contributed by atoms with Crippen molar-refractivity contribution in [2.45, 2.75) is 18.9 Å². The summed E-state index contributed by atoms with van der Waals surface area (Å²) >= 11 is 0. The maximum atomic E-state index is 10.8. The fourth-order valence-electron chi connectivity index (χ4n) is 1.49. The van der Waals surface area contributed by atoms with Crippen LogP contribution < -0.4 is 11.1 Å². The van der Waals surface area contributed by atoms with Crippen molar-refractivity contribution < 1.29 is 14.7 Å². The average Bonchev–Trinajstić information content (AvgIpc) is 2.16. The van der Waals surface area contributed by atoms with Gasteiger partial charge < -0.3 is 16.2 Å². The highest BCUT2D eigenvalue weighted by Gasteiger charge is 2.14. The summed E-state index contributed by atoms with van der Waals surface area (Å²) in [7, 11) is 0. The molecule has 0 saturated carbocycles. The van der Waals surface area contributed by atoms with Crippen LogP contribution in [0.4, 0.5) is 4.79 Å². The Morgan fingerprint density at radius 2 is 1.94 bits per heavy atom. The minimum absolute atomic E-state index is 0.00118. The van der Waals surface area contributed by atoms with Crippen molar-refractivity contribution in [2.75, 3.05) is 0 Å². The molecule has 0 heterocycles. The van der Waals surface area contributed by atoms with Crippen molar-refractivity contribution >= 4 is 12.0 Å². The van der Waals surface area contributed by atoms with Crippen molar-refractivity contribution in [1.29, 1.82) is 0 Å². The van der Waals surface area contributed by atoms with E-state index in [-0.39, 0.29) is 6.42 Å². The van der Waals surface area contributed by atoms with Gasteiger partial charge in [0, 0.05) is 12.5 Å². The van der Waals surface area contributed by atoms with Gasteiger partial charge in [0.05, 0.1) is 0 Å². The lowest BCUT2D eigenvalue weighted by molar-refractivity contribution is -0.118. The van der Waals surface area contributed by atoms with Crippen molar-refractivity contribution in [3.63, 3.8) is 0 Å². The smallest absolute Gasteiger partial charge is 0.404 e. The second-order valence-electron chi connectivity index (χ2n) is 3.51. The van der Waals surface area contributed by atoms with Gasteiger partial charge in [-0.1, -0.05) is 30.3 Å². The first kappa shape index (κ1) is 12.0. The summed E-state index contributed by atoms with van der Waals surface area (Å²) in [6.45, 7) is 0. The summed E-state index contributed by atoms with van der Waals surface area (Å²) in [5, 5.41) is 10.9. The van der Waals surface area contributed by atoms with Crippen LogP contribution in [0.1, 0.15) is 12.0 Å². The number of amides is 2. The van der Waals surface area contributed by atoms with E-state index in [1.165, 1.54) is 0 Å². The van der Waals surface area contributed by atoms with Crippen LogP contribution in [-0.4, -0.2) is 23.1 Å². The van der Waals surface area contributed by atoms with E-state index in [1.807, 2.05) is 30.3 Å². The van der Waals surface area contributed by atoms with E-state index in [2.05, 4.69) is 5.32 Å². The lowest BCUT2D eigenvalue weighted by Crippen LogP contribution is -2.38. The van der Waals surface area contributed by atoms with Crippen LogP contribution in [-0.2, 0) is 11.2 Å². The van der Waals surface area contributed by atoms with Crippen LogP contribution in [0.3, 0.4) is 0 Å². The van der Waals surface area contributed by atoms with E-state index >= 15 is 0 Å². The molecular formula is C11H14N2O3. The summed E-state index contributed by atoms with van der Waals surface area (Å²) in [4.78, 5) is 21.3. The number of benzene rings is 1. The van der Waals surface area contributed by atoms with Gasteiger partial charge in [-0.05, 0) is 12.0 Å². The van der Waals surface area contributed by atoms with Crippen molar-refractivity contribution in [1.82, 2.24) is 5.32 Å². The third kappa shape index (κ3) is 4.45. The Bertz CT molecular complexity index is 349. The SMILES string of the molecule is NC(=O)CC(Cc1ccccc1)NC(=O)O. The monoisotopic (exact) mass is 222 g/mol. The van der Waals surface area contributed by atoms with Crippen LogP contribution in [0.2, 0.25) is 0 Å². The molecule has 0 aromatic heterocycles. The number of rotatable bonds is 5. The van der Waals surface area contributed by atoms with Gasteiger partial charge in [-0.3, -0.25) is 4.79 Å². The molecule has 1 atom stereocenters. The molecule has 0 aliphatic heterocycles.